The molecule has 0 aliphatic rings. The predicted molar refractivity (Wildman–Crippen MR) is 91.8 cm³/mol. The third-order valence-corrected chi connectivity index (χ3v) is 4.80. The average molecular weight is 372 g/mol. The molecule has 0 aliphatic heterocycles. The molecule has 0 spiro atoms. The topological polar surface area (TPSA) is 145 Å². The van der Waals surface area contributed by atoms with Gasteiger partial charge in [0.2, 0.25) is 15.9 Å². The lowest BCUT2D eigenvalue weighted by molar-refractivity contribution is -0.115. The first-order valence-corrected chi connectivity index (χ1v) is 8.78. The van der Waals surface area contributed by atoms with E-state index in [2.05, 4.69) is 15.0 Å². The molecular formula is C16H12N4O5S. The van der Waals surface area contributed by atoms with Gasteiger partial charge in [0.05, 0.1) is 28.6 Å². The minimum atomic E-state index is -3.98. The Bertz CT molecular complexity index is 1190. The summed E-state index contributed by atoms with van der Waals surface area (Å²) in [5.41, 5.74) is 1.20. The molecule has 1 heterocycles. The highest BCUT2D eigenvalue weighted by molar-refractivity contribution is 7.89. The predicted octanol–water partition coefficient (Wildman–Crippen LogP) is 0.910. The van der Waals surface area contributed by atoms with Crippen molar-refractivity contribution in [3.05, 3.63) is 58.6 Å². The second-order valence-corrected chi connectivity index (χ2v) is 7.00. The Kier molecular flexibility index (Phi) is 4.57. The van der Waals surface area contributed by atoms with Gasteiger partial charge in [-0.1, -0.05) is 6.07 Å². The number of oxazole rings is 1. The molecule has 0 saturated carbocycles. The molecule has 0 unspecified atom stereocenters. The Hall–Kier alpha value is -3.42. The van der Waals surface area contributed by atoms with Gasteiger partial charge in [-0.3, -0.25) is 9.78 Å². The minimum Gasteiger partial charge on any atom is -0.408 e. The van der Waals surface area contributed by atoms with E-state index < -0.39 is 28.2 Å². The average Bonchev–Trinajstić information content (AvgIpc) is 2.99. The standard InChI is InChI=1S/C16H12N4O5S/c17-8-10-2-1-3-11(6-10)19-15(21)9-18-26(23,24)12-4-5-13-14(7-12)25-16(22)20-13/h1-7,18H,9H2,(H,19,21)(H,20,22). The van der Waals surface area contributed by atoms with Gasteiger partial charge < -0.3 is 9.73 Å². The van der Waals surface area contributed by atoms with Crippen molar-refractivity contribution in [3.8, 4) is 6.07 Å². The van der Waals surface area contributed by atoms with Crippen molar-refractivity contribution in [2.45, 2.75) is 4.90 Å². The number of fused-ring (bicyclic) bond motifs is 1. The summed E-state index contributed by atoms with van der Waals surface area (Å²) < 4.78 is 31.5. The lowest BCUT2D eigenvalue weighted by Gasteiger charge is -2.08. The van der Waals surface area contributed by atoms with Crippen molar-refractivity contribution in [1.29, 1.82) is 5.26 Å². The summed E-state index contributed by atoms with van der Waals surface area (Å²) >= 11 is 0. The van der Waals surface area contributed by atoms with Crippen molar-refractivity contribution in [1.82, 2.24) is 9.71 Å². The Morgan fingerprint density at radius 1 is 1.23 bits per heavy atom. The Morgan fingerprint density at radius 2 is 2.04 bits per heavy atom. The summed E-state index contributed by atoms with van der Waals surface area (Å²) in [5, 5.41) is 11.3. The van der Waals surface area contributed by atoms with Crippen molar-refractivity contribution < 1.29 is 17.6 Å². The second kappa shape index (κ2) is 6.83. The fourth-order valence-electron chi connectivity index (χ4n) is 2.21. The SMILES string of the molecule is N#Cc1cccc(NC(=O)CNS(=O)(=O)c2ccc3[nH]c(=O)oc3c2)c1. The Morgan fingerprint density at radius 3 is 2.81 bits per heavy atom. The van der Waals surface area contributed by atoms with Crippen LogP contribution in [0.3, 0.4) is 0 Å². The molecule has 2 aromatic carbocycles. The lowest BCUT2D eigenvalue weighted by Crippen LogP contribution is -2.32. The van der Waals surface area contributed by atoms with Crippen LogP contribution >= 0.6 is 0 Å². The third kappa shape index (κ3) is 3.80. The van der Waals surface area contributed by atoms with Crippen LogP contribution in [-0.2, 0) is 14.8 Å². The highest BCUT2D eigenvalue weighted by Gasteiger charge is 2.17. The largest absolute Gasteiger partial charge is 0.417 e. The summed E-state index contributed by atoms with van der Waals surface area (Å²) in [6, 6.07) is 12.0. The molecule has 3 rings (SSSR count). The van der Waals surface area contributed by atoms with Gasteiger partial charge in [0.15, 0.2) is 5.58 Å². The van der Waals surface area contributed by atoms with Gasteiger partial charge in [0.25, 0.3) is 0 Å². The van der Waals surface area contributed by atoms with E-state index in [4.69, 9.17) is 9.68 Å². The van der Waals surface area contributed by atoms with Crippen molar-refractivity contribution in [2.24, 2.45) is 0 Å². The number of amides is 1. The number of hydrogen-bond donors (Lipinski definition) is 3. The molecule has 10 heteroatoms. The van der Waals surface area contributed by atoms with E-state index in [-0.39, 0.29) is 10.5 Å². The quantitative estimate of drug-likeness (QED) is 0.607. The first-order chi connectivity index (χ1) is 12.4. The summed E-state index contributed by atoms with van der Waals surface area (Å²) in [4.78, 5) is 25.3. The molecule has 0 saturated heterocycles. The van der Waals surface area contributed by atoms with Crippen LogP contribution in [0.2, 0.25) is 0 Å². The number of carbonyl (C=O) groups excluding carboxylic acids is 1. The molecule has 0 radical (unpaired) electrons. The van der Waals surface area contributed by atoms with Gasteiger partial charge in [0, 0.05) is 11.8 Å². The van der Waals surface area contributed by atoms with Crippen molar-refractivity contribution in [2.75, 3.05) is 11.9 Å². The van der Waals surface area contributed by atoms with Crippen LogP contribution in [0, 0.1) is 11.3 Å². The minimum absolute atomic E-state index is 0.0932. The van der Waals surface area contributed by atoms with Crippen LogP contribution in [0.5, 0.6) is 0 Å². The number of anilines is 1. The van der Waals surface area contributed by atoms with E-state index in [1.54, 1.807) is 18.2 Å². The summed E-state index contributed by atoms with van der Waals surface area (Å²) in [5.74, 6) is -1.29. The molecule has 0 bridgehead atoms. The highest BCUT2D eigenvalue weighted by Crippen LogP contribution is 2.16. The van der Waals surface area contributed by atoms with Gasteiger partial charge in [-0.15, -0.1) is 0 Å². The van der Waals surface area contributed by atoms with E-state index in [0.29, 0.717) is 16.8 Å². The normalized spacial score (nSPS) is 11.2. The number of carbonyl (C=O) groups is 1. The first-order valence-electron chi connectivity index (χ1n) is 7.30. The fourth-order valence-corrected chi connectivity index (χ4v) is 3.21. The smallest absolute Gasteiger partial charge is 0.408 e. The van der Waals surface area contributed by atoms with Crippen LogP contribution in [0.4, 0.5) is 5.69 Å². The van der Waals surface area contributed by atoms with Crippen LogP contribution in [0.25, 0.3) is 11.1 Å². The van der Waals surface area contributed by atoms with Crippen molar-refractivity contribution >= 4 is 32.7 Å². The number of aromatic nitrogens is 1. The molecule has 26 heavy (non-hydrogen) atoms. The molecule has 132 valence electrons. The number of nitrogens with zero attached hydrogens (tertiary/aromatic N) is 1. The number of hydrogen-bond acceptors (Lipinski definition) is 6. The highest BCUT2D eigenvalue weighted by atomic mass is 32.2. The number of H-pyrrole nitrogens is 1. The van der Waals surface area contributed by atoms with E-state index in [0.717, 1.165) is 0 Å². The number of benzene rings is 2. The summed E-state index contributed by atoms with van der Waals surface area (Å²) in [6.45, 7) is -0.506. The maximum Gasteiger partial charge on any atom is 0.417 e. The molecule has 3 aromatic rings. The van der Waals surface area contributed by atoms with Gasteiger partial charge in [-0.2, -0.15) is 5.26 Å². The van der Waals surface area contributed by atoms with Crippen LogP contribution in [0.15, 0.2) is 56.6 Å². The number of sulfonamides is 1. The van der Waals surface area contributed by atoms with Crippen LogP contribution < -0.4 is 15.8 Å². The molecule has 9 nitrogen and oxygen atoms in total. The van der Waals surface area contributed by atoms with Gasteiger partial charge in [-0.25, -0.2) is 17.9 Å². The van der Waals surface area contributed by atoms with E-state index in [1.165, 1.54) is 24.3 Å². The van der Waals surface area contributed by atoms with Crippen LogP contribution in [-0.4, -0.2) is 25.9 Å². The summed E-state index contributed by atoms with van der Waals surface area (Å²) in [7, 11) is -3.98. The van der Waals surface area contributed by atoms with E-state index >= 15 is 0 Å². The molecule has 1 aromatic heterocycles. The zero-order valence-electron chi connectivity index (χ0n) is 13.1. The maximum absolute atomic E-state index is 12.3. The molecule has 0 fully saturated rings. The van der Waals surface area contributed by atoms with E-state index in [1.807, 2.05) is 6.07 Å². The molecule has 0 atom stereocenters. The molecule has 0 aliphatic carbocycles. The Labute approximate surface area is 147 Å². The third-order valence-electron chi connectivity index (χ3n) is 3.40. The molecule has 3 N–H and O–H groups in total. The zero-order valence-corrected chi connectivity index (χ0v) is 14.0. The second-order valence-electron chi connectivity index (χ2n) is 5.24. The van der Waals surface area contributed by atoms with Crippen molar-refractivity contribution in [3.63, 3.8) is 0 Å². The maximum atomic E-state index is 12.3. The van der Waals surface area contributed by atoms with E-state index in [9.17, 15) is 18.0 Å². The zero-order chi connectivity index (χ0) is 18.7. The van der Waals surface area contributed by atoms with Gasteiger partial charge in [0.1, 0.15) is 0 Å². The van der Waals surface area contributed by atoms with Gasteiger partial charge in [-0.05, 0) is 30.3 Å². The monoisotopic (exact) mass is 372 g/mol. The van der Waals surface area contributed by atoms with Crippen LogP contribution in [0.1, 0.15) is 5.56 Å². The number of nitrogens with one attached hydrogen (secondary N) is 3. The summed E-state index contributed by atoms with van der Waals surface area (Å²) in [6.07, 6.45) is 0. The number of nitriles is 1. The fraction of sp³-hybridized carbons (Fsp3) is 0.0625. The molecular weight excluding hydrogens is 360 g/mol. The Balaban J connectivity index is 1.69. The lowest BCUT2D eigenvalue weighted by atomic mass is 10.2. The first kappa shape index (κ1) is 17.4. The number of rotatable bonds is 5. The molecule has 1 amide bonds. The van der Waals surface area contributed by atoms with Gasteiger partial charge >= 0.3 is 5.76 Å². The number of aromatic amines is 1.